The normalized spacial score (nSPS) is 36.0. The molecule has 3 aliphatic carbocycles. The first-order valence-corrected chi connectivity index (χ1v) is 22.5. The van der Waals surface area contributed by atoms with Gasteiger partial charge in [-0.25, -0.2) is 9.59 Å². The Bertz CT molecular complexity index is 2430. The largest absolute Gasteiger partial charge is 0.456 e. The summed E-state index contributed by atoms with van der Waals surface area (Å²) in [6.45, 7) is 6.21. The second-order valence-electron chi connectivity index (χ2n) is 19.1. The first-order chi connectivity index (χ1) is 32.2. The van der Waals surface area contributed by atoms with Gasteiger partial charge < -0.3 is 64.4 Å². The summed E-state index contributed by atoms with van der Waals surface area (Å²) in [6, 6.07) is 22.7. The molecule has 0 aromatic heterocycles. The zero-order chi connectivity index (χ0) is 49.1. The Balaban J connectivity index is 1.26. The van der Waals surface area contributed by atoms with Crippen molar-refractivity contribution in [2.24, 2.45) is 16.7 Å². The molecule has 8 rings (SSSR count). The minimum Gasteiger partial charge on any atom is -0.456 e. The fraction of sp³-hybridized carbons (Fsp3) is 0.500. The van der Waals surface area contributed by atoms with Gasteiger partial charge in [-0.1, -0.05) is 80.6 Å². The highest BCUT2D eigenvalue weighted by atomic mass is 16.7. The van der Waals surface area contributed by atoms with Crippen molar-refractivity contribution in [3.8, 4) is 0 Å². The first kappa shape index (κ1) is 49.0. The van der Waals surface area contributed by atoms with Gasteiger partial charge in [-0.3, -0.25) is 14.4 Å². The first-order valence-electron chi connectivity index (χ1n) is 22.5. The molecule has 2 saturated heterocycles. The van der Waals surface area contributed by atoms with Crippen molar-refractivity contribution in [1.82, 2.24) is 5.32 Å². The molecule has 5 aliphatic rings. The van der Waals surface area contributed by atoms with Gasteiger partial charge in [-0.2, -0.15) is 0 Å². The molecule has 3 aromatic rings. The summed E-state index contributed by atoms with van der Waals surface area (Å²) < 4.78 is 36.8. The molecule has 15 atom stereocenters. The summed E-state index contributed by atoms with van der Waals surface area (Å²) in [7, 11) is 0. The van der Waals surface area contributed by atoms with Gasteiger partial charge in [-0.05, 0) is 54.8 Å². The van der Waals surface area contributed by atoms with Crippen LogP contribution in [0.2, 0.25) is 0 Å². The zero-order valence-electron chi connectivity index (χ0n) is 38.1. The molecule has 7 N–H and O–H groups in total. The number of ether oxygens (including phenoxy) is 6. The molecule has 0 spiro atoms. The maximum Gasteiger partial charge on any atom is 0.338 e. The Kier molecular flexibility index (Phi) is 13.3. The van der Waals surface area contributed by atoms with Crippen molar-refractivity contribution in [1.29, 1.82) is 0 Å². The van der Waals surface area contributed by atoms with E-state index in [0.29, 0.717) is 5.56 Å². The smallest absolute Gasteiger partial charge is 0.338 e. The van der Waals surface area contributed by atoms with Crippen molar-refractivity contribution in [3.05, 3.63) is 119 Å². The number of aliphatic hydroxyl groups excluding tert-OH is 5. The minimum absolute atomic E-state index is 0.0280. The van der Waals surface area contributed by atoms with E-state index >= 15 is 4.79 Å². The quantitative estimate of drug-likeness (QED) is 0.0818. The topological polar surface area (TPSA) is 274 Å². The van der Waals surface area contributed by atoms with Gasteiger partial charge in [0.05, 0.1) is 42.3 Å². The van der Waals surface area contributed by atoms with E-state index in [0.717, 1.165) is 6.92 Å². The van der Waals surface area contributed by atoms with Crippen LogP contribution in [0.5, 0.6) is 0 Å². The van der Waals surface area contributed by atoms with Crippen LogP contribution in [0.3, 0.4) is 0 Å². The number of esters is 3. The Morgan fingerprint density at radius 1 is 0.824 bits per heavy atom. The number of hydrogen-bond acceptors (Lipinski definition) is 17. The second-order valence-corrected chi connectivity index (χ2v) is 19.1. The number of Topliss-reactive ketones (excluding diaryl/α,β-unsaturated/α-hetero) is 1. The number of ketones is 1. The van der Waals surface area contributed by atoms with Gasteiger partial charge in [0.15, 0.2) is 23.8 Å². The van der Waals surface area contributed by atoms with Crippen molar-refractivity contribution in [2.45, 2.75) is 126 Å². The number of amides is 1. The van der Waals surface area contributed by atoms with Crippen LogP contribution in [0.1, 0.15) is 79.8 Å². The van der Waals surface area contributed by atoms with Crippen molar-refractivity contribution in [2.75, 3.05) is 13.2 Å². The predicted molar refractivity (Wildman–Crippen MR) is 235 cm³/mol. The van der Waals surface area contributed by atoms with E-state index in [-0.39, 0.29) is 35.3 Å². The van der Waals surface area contributed by atoms with Gasteiger partial charge in [0.25, 0.3) is 5.91 Å². The van der Waals surface area contributed by atoms with Crippen molar-refractivity contribution in [3.63, 3.8) is 0 Å². The molecule has 0 unspecified atom stereocenters. The monoisotopic (exact) mass is 943 g/mol. The molecular weight excluding hydrogens is 887 g/mol. The molecule has 18 nitrogen and oxygen atoms in total. The van der Waals surface area contributed by atoms with Gasteiger partial charge in [0, 0.05) is 30.7 Å². The molecular formula is C50H57NO17. The molecule has 68 heavy (non-hydrogen) atoms. The fourth-order valence-corrected chi connectivity index (χ4v) is 11.2. The third-order valence-electron chi connectivity index (χ3n) is 14.9. The van der Waals surface area contributed by atoms with Gasteiger partial charge in [0.2, 0.25) is 0 Å². The number of fused-ring (bicyclic) bond motifs is 5. The van der Waals surface area contributed by atoms with Crippen LogP contribution in [-0.2, 0) is 42.8 Å². The van der Waals surface area contributed by atoms with Gasteiger partial charge in [-0.15, -0.1) is 0 Å². The van der Waals surface area contributed by atoms with E-state index in [9.17, 15) is 49.8 Å². The predicted octanol–water partition coefficient (Wildman–Crippen LogP) is 1.63. The lowest BCUT2D eigenvalue weighted by Gasteiger charge is -2.68. The number of carbonyl (C=O) groups excluding carboxylic acids is 5. The fourth-order valence-electron chi connectivity index (χ4n) is 11.2. The number of carbonyl (C=O) groups is 5. The van der Waals surface area contributed by atoms with E-state index in [4.69, 9.17) is 28.4 Å². The summed E-state index contributed by atoms with van der Waals surface area (Å²) in [5.74, 6) is -6.29. The van der Waals surface area contributed by atoms with Crippen LogP contribution >= 0.6 is 0 Å². The average Bonchev–Trinajstić information content (AvgIpc) is 3.31. The van der Waals surface area contributed by atoms with Crippen LogP contribution in [-0.4, -0.2) is 146 Å². The van der Waals surface area contributed by atoms with Crippen LogP contribution < -0.4 is 5.32 Å². The highest BCUT2D eigenvalue weighted by Gasteiger charge is 2.78. The highest BCUT2D eigenvalue weighted by Crippen LogP contribution is 2.65. The van der Waals surface area contributed by atoms with Crippen LogP contribution in [0.15, 0.2) is 102 Å². The SMILES string of the molecule is CC(=O)O[C@]12CO[C@@H]1C[C@H](O[C@@H]1OC[C@H](O)[C@H](O)[C@@H]1O)[C@]1(C)C(=O)[C@H](O)C3=C(C)[C@H](OC(=O)[C@H](O)[C@H](NC(=O)c4ccccc4)c4ccccc4)C[C@@](O)([C@@H](OC(=O)c4ccccc4)[C@@H]21)C3(C)C. The highest BCUT2D eigenvalue weighted by molar-refractivity contribution is 5.95. The maximum atomic E-state index is 15.7. The number of rotatable bonds is 11. The second kappa shape index (κ2) is 18.5. The van der Waals surface area contributed by atoms with E-state index < -0.39 is 138 Å². The van der Waals surface area contributed by atoms with Crippen LogP contribution in [0.25, 0.3) is 0 Å². The molecule has 2 saturated carbocycles. The number of nitrogens with one attached hydrogen (secondary N) is 1. The molecule has 3 aromatic carbocycles. The summed E-state index contributed by atoms with van der Waals surface area (Å²) in [5, 5.41) is 72.9. The third-order valence-corrected chi connectivity index (χ3v) is 14.9. The maximum absolute atomic E-state index is 15.7. The Hall–Kier alpha value is -5.41. The standard InChI is InChI=1S/C50H57NO17/c1-25-31(65-45(61)38(56)35(27-15-9-6-10-16-27)51-43(59)28-17-11-7-12-18-28)22-50(62)42(67-44(60)29-19-13-8-14-20-29)40-48(5,41(58)37(55)34(25)47(50,3)4)32(21-33-49(40,24-64-33)68-26(2)52)66-46-39(57)36(54)30(53)23-63-46/h6-20,30-33,35-40,42,46,53-57,62H,21-24H2,1-5H3,(H,51,59)/t30-,31+,32-,33+,35+,36-,37+,38+,39-,40+,42-,46-,48-,49+,50+/m0/s1. The zero-order valence-corrected chi connectivity index (χ0v) is 38.1. The number of aliphatic hydroxyl groups is 6. The van der Waals surface area contributed by atoms with E-state index in [1.807, 2.05) is 0 Å². The van der Waals surface area contributed by atoms with Crippen LogP contribution in [0, 0.1) is 16.7 Å². The molecule has 1 amide bonds. The Labute approximate surface area is 391 Å². The molecule has 2 aliphatic heterocycles. The molecule has 18 heteroatoms. The van der Waals surface area contributed by atoms with Gasteiger partial charge >= 0.3 is 17.9 Å². The summed E-state index contributed by atoms with van der Waals surface area (Å²) in [4.78, 5) is 71.3. The minimum atomic E-state index is -2.47. The van der Waals surface area contributed by atoms with Crippen LogP contribution in [0.4, 0.5) is 0 Å². The summed E-state index contributed by atoms with van der Waals surface area (Å²) >= 11 is 0. The molecule has 4 fully saturated rings. The summed E-state index contributed by atoms with van der Waals surface area (Å²) in [5.41, 5.74) is -7.60. The summed E-state index contributed by atoms with van der Waals surface area (Å²) in [6.07, 6.45) is -17.8. The van der Waals surface area contributed by atoms with E-state index in [2.05, 4.69) is 5.32 Å². The van der Waals surface area contributed by atoms with Crippen molar-refractivity contribution >= 4 is 29.6 Å². The lowest BCUT2D eigenvalue weighted by atomic mass is 9.44. The molecule has 364 valence electrons. The number of hydrogen-bond donors (Lipinski definition) is 7. The average molecular weight is 944 g/mol. The Morgan fingerprint density at radius 2 is 1.43 bits per heavy atom. The molecule has 2 heterocycles. The lowest BCUT2D eigenvalue weighted by Crippen LogP contribution is -2.82. The third kappa shape index (κ3) is 8.14. The Morgan fingerprint density at radius 3 is 2.01 bits per heavy atom. The molecule has 2 bridgehead atoms. The lowest BCUT2D eigenvalue weighted by molar-refractivity contribution is -0.366. The van der Waals surface area contributed by atoms with Gasteiger partial charge in [0.1, 0.15) is 48.3 Å². The molecule has 0 radical (unpaired) electrons. The number of benzene rings is 3. The van der Waals surface area contributed by atoms with Crippen molar-refractivity contribution < 1.29 is 83.0 Å². The van der Waals surface area contributed by atoms with E-state index in [1.54, 1.807) is 78.9 Å². The van der Waals surface area contributed by atoms with E-state index in [1.165, 1.54) is 39.8 Å².